The molecule has 0 bridgehead atoms. The number of hydrogen-bond donors (Lipinski definition) is 1. The Kier molecular flexibility index (Phi) is 7.51. The zero-order valence-corrected chi connectivity index (χ0v) is 27.3. The number of aryl methyl sites for hydroxylation is 1. The Bertz CT molecular complexity index is 2010. The molecule has 232 valence electrons. The maximum absolute atomic E-state index is 14.0. The molecule has 5 aromatic rings. The summed E-state index contributed by atoms with van der Waals surface area (Å²) in [4.78, 5) is 55.1. The van der Waals surface area contributed by atoms with Gasteiger partial charge in [-0.25, -0.2) is 15.0 Å². The van der Waals surface area contributed by atoms with Crippen LogP contribution in [-0.4, -0.2) is 59.3 Å². The molecule has 2 unspecified atom stereocenters. The molecule has 2 aromatic carbocycles. The summed E-state index contributed by atoms with van der Waals surface area (Å²) in [7, 11) is 0. The van der Waals surface area contributed by atoms with E-state index in [2.05, 4.69) is 60.4 Å². The van der Waals surface area contributed by atoms with Crippen LogP contribution in [0, 0.1) is 12.3 Å². The van der Waals surface area contributed by atoms with Crippen LogP contribution in [0.1, 0.15) is 54.1 Å². The van der Waals surface area contributed by atoms with E-state index in [1.807, 2.05) is 55.5 Å². The Balaban J connectivity index is 1.13. The zero-order chi connectivity index (χ0) is 32.2. The average Bonchev–Trinajstić information content (AvgIpc) is 3.38. The molecule has 3 atom stereocenters. The van der Waals surface area contributed by atoms with Gasteiger partial charge >= 0.3 is 0 Å². The SMILES string of the molecule is CC(=O)c1nn(CC(=O)N2C(C(=O)Nc3cc(Cc4ccccc4)cc(Br)n3)C[C@@]3(C)CC23)c2ccc(-c3cnc(C)nc3)cc12. The summed E-state index contributed by atoms with van der Waals surface area (Å²) >= 11 is 3.48. The lowest BCUT2D eigenvalue weighted by Crippen LogP contribution is -2.46. The quantitative estimate of drug-likeness (QED) is 0.163. The Hall–Kier alpha value is -4.77. The molecule has 1 aliphatic heterocycles. The zero-order valence-electron chi connectivity index (χ0n) is 25.7. The van der Waals surface area contributed by atoms with Crippen LogP contribution in [0.25, 0.3) is 22.0 Å². The minimum atomic E-state index is -0.642. The monoisotopic (exact) mass is 677 g/mol. The number of ketones is 1. The Morgan fingerprint density at radius 2 is 1.74 bits per heavy atom. The van der Waals surface area contributed by atoms with E-state index in [1.165, 1.54) is 6.92 Å². The normalized spacial score (nSPS) is 20.0. The molecule has 1 saturated carbocycles. The van der Waals surface area contributed by atoms with Crippen molar-refractivity contribution in [2.45, 2.75) is 58.7 Å². The maximum Gasteiger partial charge on any atom is 0.248 e. The van der Waals surface area contributed by atoms with Gasteiger partial charge in [0.2, 0.25) is 11.8 Å². The molecule has 0 radical (unpaired) electrons. The highest BCUT2D eigenvalue weighted by atomic mass is 79.9. The maximum atomic E-state index is 14.0. The first kappa shape index (κ1) is 29.9. The van der Waals surface area contributed by atoms with E-state index < -0.39 is 6.04 Å². The van der Waals surface area contributed by atoms with E-state index in [0.717, 1.165) is 28.7 Å². The van der Waals surface area contributed by atoms with Crippen molar-refractivity contribution in [3.8, 4) is 11.1 Å². The molecule has 11 heteroatoms. The summed E-state index contributed by atoms with van der Waals surface area (Å²) in [5.41, 5.74) is 4.66. The first-order chi connectivity index (χ1) is 22.1. The van der Waals surface area contributed by atoms with Crippen LogP contribution < -0.4 is 5.32 Å². The number of piperidine rings is 1. The van der Waals surface area contributed by atoms with Crippen LogP contribution in [0.5, 0.6) is 0 Å². The van der Waals surface area contributed by atoms with Gasteiger partial charge in [0, 0.05) is 36.3 Å². The number of pyridine rings is 1. The van der Waals surface area contributed by atoms with E-state index in [1.54, 1.807) is 22.0 Å². The van der Waals surface area contributed by atoms with E-state index in [0.29, 0.717) is 40.0 Å². The highest BCUT2D eigenvalue weighted by molar-refractivity contribution is 9.10. The lowest BCUT2D eigenvalue weighted by Gasteiger charge is -2.27. The fourth-order valence-corrected chi connectivity index (χ4v) is 7.09. The molecule has 2 fully saturated rings. The van der Waals surface area contributed by atoms with Crippen molar-refractivity contribution in [1.29, 1.82) is 0 Å². The third-order valence-electron chi connectivity index (χ3n) is 9.07. The molecule has 3 aromatic heterocycles. The van der Waals surface area contributed by atoms with Gasteiger partial charge in [-0.1, -0.05) is 43.3 Å². The second-order valence-corrected chi connectivity index (χ2v) is 13.4. The number of aromatic nitrogens is 5. The second kappa shape index (κ2) is 11.5. The molecule has 7 rings (SSSR count). The Labute approximate surface area is 274 Å². The van der Waals surface area contributed by atoms with Gasteiger partial charge in [-0.15, -0.1) is 0 Å². The van der Waals surface area contributed by atoms with Crippen molar-refractivity contribution in [2.75, 3.05) is 5.32 Å². The van der Waals surface area contributed by atoms with Crippen LogP contribution in [0.2, 0.25) is 0 Å². The van der Waals surface area contributed by atoms with Crippen LogP contribution in [0.3, 0.4) is 0 Å². The van der Waals surface area contributed by atoms with Gasteiger partial charge in [0.15, 0.2) is 5.78 Å². The first-order valence-corrected chi connectivity index (χ1v) is 16.0. The number of rotatable bonds is 8. The molecule has 2 amide bonds. The van der Waals surface area contributed by atoms with Gasteiger partial charge in [0.05, 0.1) is 5.52 Å². The number of nitrogens with zero attached hydrogens (tertiary/aromatic N) is 6. The number of hydrogen-bond acceptors (Lipinski definition) is 7. The van der Waals surface area contributed by atoms with Crippen LogP contribution in [0.15, 0.2) is 77.7 Å². The van der Waals surface area contributed by atoms with Crippen molar-refractivity contribution in [3.05, 3.63) is 100 Å². The average molecular weight is 679 g/mol. The number of amides is 2. The van der Waals surface area contributed by atoms with Gasteiger partial charge in [0.1, 0.15) is 34.5 Å². The molecule has 1 aliphatic carbocycles. The molecule has 4 heterocycles. The Morgan fingerprint density at radius 1 is 0.978 bits per heavy atom. The largest absolute Gasteiger partial charge is 0.325 e. The summed E-state index contributed by atoms with van der Waals surface area (Å²) < 4.78 is 2.19. The number of carbonyl (C=O) groups is 3. The molecular weight excluding hydrogens is 646 g/mol. The Morgan fingerprint density at radius 3 is 2.48 bits per heavy atom. The number of benzene rings is 2. The van der Waals surface area contributed by atoms with Crippen molar-refractivity contribution in [2.24, 2.45) is 5.41 Å². The lowest BCUT2D eigenvalue weighted by molar-refractivity contribution is -0.138. The smallest absolute Gasteiger partial charge is 0.248 e. The molecule has 46 heavy (non-hydrogen) atoms. The van der Waals surface area contributed by atoms with Gasteiger partial charge in [-0.05, 0) is 88.5 Å². The number of halogens is 1. The number of fused-ring (bicyclic) bond motifs is 2. The van der Waals surface area contributed by atoms with Gasteiger partial charge in [-0.3, -0.25) is 19.1 Å². The van der Waals surface area contributed by atoms with Crippen LogP contribution in [-0.2, 0) is 22.6 Å². The molecular formula is C35H32BrN7O3. The number of Topliss-reactive ketones (excluding diaryl/α,β-unsaturated/α-hetero) is 1. The van der Waals surface area contributed by atoms with E-state index in [-0.39, 0.29) is 41.3 Å². The van der Waals surface area contributed by atoms with E-state index in [4.69, 9.17) is 0 Å². The number of anilines is 1. The van der Waals surface area contributed by atoms with Gasteiger partial charge < -0.3 is 10.2 Å². The summed E-state index contributed by atoms with van der Waals surface area (Å²) in [6.07, 6.45) is 5.59. The lowest BCUT2D eigenvalue weighted by atomic mass is 10.0. The van der Waals surface area contributed by atoms with Crippen molar-refractivity contribution >= 4 is 50.2 Å². The van der Waals surface area contributed by atoms with E-state index in [9.17, 15) is 14.4 Å². The van der Waals surface area contributed by atoms with Crippen molar-refractivity contribution in [3.63, 3.8) is 0 Å². The first-order valence-electron chi connectivity index (χ1n) is 15.2. The fourth-order valence-electron chi connectivity index (χ4n) is 6.61. The van der Waals surface area contributed by atoms with Crippen LogP contribution in [0.4, 0.5) is 5.82 Å². The summed E-state index contributed by atoms with van der Waals surface area (Å²) in [6.45, 7) is 5.31. The van der Waals surface area contributed by atoms with Gasteiger partial charge in [0.25, 0.3) is 0 Å². The fraction of sp³-hybridized carbons (Fsp3) is 0.286. The predicted molar refractivity (Wildman–Crippen MR) is 177 cm³/mol. The standard InChI is InChI=1S/C35H32BrN7O3/c1-20(44)33-26-14-24(25-17-37-21(2)38-18-25)9-10-27(26)42(41-33)19-32(45)43-28(15-35(3)16-29(35)43)34(46)40-31-13-23(12-30(36)39-31)11-22-7-5-4-6-8-22/h4-10,12-14,17-18,28-29H,11,15-16,19H2,1-3H3,(H,39,40,46)/t28?,29?,35-/m0/s1. The molecule has 1 N–H and O–H groups in total. The highest BCUT2D eigenvalue weighted by Gasteiger charge is 2.64. The molecule has 1 saturated heterocycles. The minimum absolute atomic E-state index is 0.0258. The summed E-state index contributed by atoms with van der Waals surface area (Å²) in [5.74, 6) is 0.422. The van der Waals surface area contributed by atoms with Crippen molar-refractivity contribution in [1.82, 2.24) is 29.6 Å². The third kappa shape index (κ3) is 5.71. The minimum Gasteiger partial charge on any atom is -0.325 e. The topological polar surface area (TPSA) is 123 Å². The summed E-state index contributed by atoms with van der Waals surface area (Å²) in [5, 5.41) is 8.20. The van der Waals surface area contributed by atoms with E-state index >= 15 is 0 Å². The molecule has 2 aliphatic rings. The summed E-state index contributed by atoms with van der Waals surface area (Å²) in [6, 6.07) is 18.9. The van der Waals surface area contributed by atoms with Crippen LogP contribution >= 0.6 is 15.9 Å². The van der Waals surface area contributed by atoms with Crippen molar-refractivity contribution < 1.29 is 14.4 Å². The molecule has 10 nitrogen and oxygen atoms in total. The second-order valence-electron chi connectivity index (χ2n) is 12.5. The predicted octanol–water partition coefficient (Wildman–Crippen LogP) is 5.77. The van der Waals surface area contributed by atoms with Gasteiger partial charge in [-0.2, -0.15) is 5.10 Å². The number of nitrogens with one attached hydrogen (secondary N) is 1. The molecule has 0 spiro atoms. The number of carbonyl (C=O) groups excluding carboxylic acids is 3. The third-order valence-corrected chi connectivity index (χ3v) is 9.47. The highest BCUT2D eigenvalue weighted by Crippen LogP contribution is 2.59. The number of likely N-dealkylation sites (tertiary alicyclic amines) is 1.